The molecule has 9 nitrogen and oxygen atoms in total. The minimum absolute atomic E-state index is 0.112. The molecule has 0 saturated carbocycles. The minimum Gasteiger partial charge on any atom is -0.427 e. The summed E-state index contributed by atoms with van der Waals surface area (Å²) in [5.41, 5.74) is 8.07. The van der Waals surface area contributed by atoms with Crippen molar-refractivity contribution in [3.05, 3.63) is 47.7 Å². The lowest BCUT2D eigenvalue weighted by Crippen LogP contribution is -2.51. The lowest BCUT2D eigenvalue weighted by molar-refractivity contribution is -0.134. The molecular weight excluding hydrogens is 472 g/mol. The van der Waals surface area contributed by atoms with Crippen molar-refractivity contribution in [2.45, 2.75) is 72.3 Å². The Morgan fingerprint density at radius 1 is 0.946 bits per heavy atom. The van der Waals surface area contributed by atoms with E-state index in [1.165, 1.54) is 0 Å². The molecule has 0 saturated heterocycles. The Bertz CT molecular complexity index is 1010. The molecule has 202 valence electrons. The molecule has 0 bridgehead atoms. The van der Waals surface area contributed by atoms with E-state index in [0.717, 1.165) is 17.7 Å². The summed E-state index contributed by atoms with van der Waals surface area (Å²) in [4.78, 5) is 49.2. The van der Waals surface area contributed by atoms with Gasteiger partial charge >= 0.3 is 5.97 Å². The summed E-state index contributed by atoms with van der Waals surface area (Å²) in [6, 6.07) is 5.96. The number of anilines is 1. The monoisotopic (exact) mass is 512 g/mol. The van der Waals surface area contributed by atoms with Gasteiger partial charge < -0.3 is 26.4 Å². The molecular formula is C28H40N4O5. The van der Waals surface area contributed by atoms with Crippen LogP contribution in [-0.2, 0) is 19.2 Å². The first-order valence-corrected chi connectivity index (χ1v) is 12.8. The van der Waals surface area contributed by atoms with Crippen molar-refractivity contribution in [2.75, 3.05) is 12.3 Å². The van der Waals surface area contributed by atoms with Crippen molar-refractivity contribution in [2.24, 2.45) is 11.8 Å². The molecule has 0 radical (unpaired) electrons. The maximum absolute atomic E-state index is 12.6. The lowest BCUT2D eigenvalue weighted by Gasteiger charge is -2.22. The van der Waals surface area contributed by atoms with Crippen LogP contribution in [0.25, 0.3) is 0 Å². The molecule has 1 aromatic carbocycles. The normalized spacial score (nSPS) is 13.9. The van der Waals surface area contributed by atoms with Crippen LogP contribution in [0.2, 0.25) is 0 Å². The zero-order chi connectivity index (χ0) is 27.4. The SMILES string of the molecule is CC(C)CCC(=O)NC(C(=O)NCC(=O)NC1=CC=C(CCC(=O)Oc2ccc(N)cc2)CC1)C(C)C. The molecule has 1 atom stereocenters. The molecule has 1 aliphatic rings. The summed E-state index contributed by atoms with van der Waals surface area (Å²) in [5, 5.41) is 8.21. The zero-order valence-electron chi connectivity index (χ0n) is 22.3. The number of nitrogens with one attached hydrogen (secondary N) is 3. The van der Waals surface area contributed by atoms with Gasteiger partial charge in [0.25, 0.3) is 0 Å². The highest BCUT2D eigenvalue weighted by molar-refractivity contribution is 5.91. The molecule has 9 heteroatoms. The van der Waals surface area contributed by atoms with E-state index in [2.05, 4.69) is 16.0 Å². The van der Waals surface area contributed by atoms with Crippen molar-refractivity contribution in [1.29, 1.82) is 0 Å². The highest BCUT2D eigenvalue weighted by Crippen LogP contribution is 2.21. The summed E-state index contributed by atoms with van der Waals surface area (Å²) in [6.07, 6.45) is 6.99. The standard InChI is InChI=1S/C28H40N4O5/c1-18(2)5-15-24(33)32-27(19(3)4)28(36)30-17-25(34)31-22-11-6-20(7-12-22)8-16-26(35)37-23-13-9-21(29)10-14-23/h6,9-11,13-14,18-19,27H,5,7-8,12,15-17,29H2,1-4H3,(H,30,36)(H,31,34)(H,32,33). The fourth-order valence-corrected chi connectivity index (χ4v) is 3.67. The van der Waals surface area contributed by atoms with Crippen LogP contribution >= 0.6 is 0 Å². The topological polar surface area (TPSA) is 140 Å². The molecule has 37 heavy (non-hydrogen) atoms. The smallest absolute Gasteiger partial charge is 0.311 e. The van der Waals surface area contributed by atoms with Gasteiger partial charge in [-0.3, -0.25) is 19.2 Å². The van der Waals surface area contributed by atoms with Gasteiger partial charge in [-0.25, -0.2) is 0 Å². The molecule has 0 aliphatic heterocycles. The highest BCUT2D eigenvalue weighted by atomic mass is 16.5. The maximum Gasteiger partial charge on any atom is 0.311 e. The number of nitrogen functional groups attached to an aromatic ring is 1. The van der Waals surface area contributed by atoms with Crippen LogP contribution in [-0.4, -0.2) is 36.3 Å². The van der Waals surface area contributed by atoms with Gasteiger partial charge in [-0.2, -0.15) is 0 Å². The average molecular weight is 513 g/mol. The number of allylic oxidation sites excluding steroid dienone is 4. The summed E-state index contributed by atoms with van der Waals surface area (Å²) in [7, 11) is 0. The number of carbonyl (C=O) groups is 4. The summed E-state index contributed by atoms with van der Waals surface area (Å²) >= 11 is 0. The van der Waals surface area contributed by atoms with Crippen LogP contribution < -0.4 is 26.4 Å². The van der Waals surface area contributed by atoms with E-state index < -0.39 is 6.04 Å². The van der Waals surface area contributed by atoms with Crippen LogP contribution in [0.4, 0.5) is 5.69 Å². The van der Waals surface area contributed by atoms with Crippen LogP contribution in [0, 0.1) is 11.8 Å². The molecule has 1 aliphatic carbocycles. The van der Waals surface area contributed by atoms with Crippen molar-refractivity contribution in [1.82, 2.24) is 16.0 Å². The second-order valence-electron chi connectivity index (χ2n) is 10.0. The van der Waals surface area contributed by atoms with Crippen LogP contribution in [0.15, 0.2) is 47.7 Å². The van der Waals surface area contributed by atoms with E-state index in [1.54, 1.807) is 24.3 Å². The summed E-state index contributed by atoms with van der Waals surface area (Å²) in [5.74, 6) is -0.453. The molecule has 0 spiro atoms. The number of ether oxygens (including phenoxy) is 1. The van der Waals surface area contributed by atoms with Crippen molar-refractivity contribution >= 4 is 29.4 Å². The molecule has 2 rings (SSSR count). The Hall–Kier alpha value is -3.62. The van der Waals surface area contributed by atoms with Gasteiger partial charge in [-0.05, 0) is 67.9 Å². The number of hydrogen-bond donors (Lipinski definition) is 4. The van der Waals surface area contributed by atoms with Crippen LogP contribution in [0.3, 0.4) is 0 Å². The van der Waals surface area contributed by atoms with Gasteiger partial charge in [-0.1, -0.05) is 39.3 Å². The summed E-state index contributed by atoms with van der Waals surface area (Å²) < 4.78 is 5.30. The number of nitrogens with two attached hydrogens (primary N) is 1. The number of esters is 1. The third kappa shape index (κ3) is 11.3. The Labute approximate surface area is 219 Å². The van der Waals surface area contributed by atoms with Crippen molar-refractivity contribution < 1.29 is 23.9 Å². The van der Waals surface area contributed by atoms with Gasteiger partial charge in [0, 0.05) is 24.2 Å². The highest BCUT2D eigenvalue weighted by Gasteiger charge is 2.24. The Morgan fingerprint density at radius 2 is 1.65 bits per heavy atom. The average Bonchev–Trinajstić information content (AvgIpc) is 2.85. The van der Waals surface area contributed by atoms with Gasteiger partial charge in [-0.15, -0.1) is 0 Å². The summed E-state index contributed by atoms with van der Waals surface area (Å²) in [6.45, 7) is 7.59. The first-order valence-electron chi connectivity index (χ1n) is 12.8. The third-order valence-corrected chi connectivity index (χ3v) is 5.94. The van der Waals surface area contributed by atoms with E-state index in [-0.39, 0.29) is 42.6 Å². The molecule has 5 N–H and O–H groups in total. The Kier molecular flexibility index (Phi) is 11.9. The van der Waals surface area contributed by atoms with Crippen molar-refractivity contribution in [3.63, 3.8) is 0 Å². The van der Waals surface area contributed by atoms with Crippen molar-refractivity contribution in [3.8, 4) is 5.75 Å². The molecule has 1 aromatic rings. The number of amides is 3. The molecule has 0 fully saturated rings. The third-order valence-electron chi connectivity index (χ3n) is 5.94. The minimum atomic E-state index is -0.696. The number of rotatable bonds is 13. The second kappa shape index (κ2) is 14.8. The van der Waals surface area contributed by atoms with Crippen LogP contribution in [0.5, 0.6) is 5.75 Å². The van der Waals surface area contributed by atoms with E-state index in [4.69, 9.17) is 10.5 Å². The van der Waals surface area contributed by atoms with E-state index >= 15 is 0 Å². The predicted octanol–water partition coefficient (Wildman–Crippen LogP) is 3.37. The number of hydrogen-bond acceptors (Lipinski definition) is 6. The van der Waals surface area contributed by atoms with Gasteiger partial charge in [0.15, 0.2) is 0 Å². The fourth-order valence-electron chi connectivity index (χ4n) is 3.67. The Balaban J connectivity index is 1.74. The largest absolute Gasteiger partial charge is 0.427 e. The van der Waals surface area contributed by atoms with E-state index in [0.29, 0.717) is 43.0 Å². The molecule has 0 aromatic heterocycles. The molecule has 0 heterocycles. The maximum atomic E-state index is 12.6. The lowest BCUT2D eigenvalue weighted by atomic mass is 9.98. The quantitative estimate of drug-likeness (QED) is 0.182. The Morgan fingerprint density at radius 3 is 2.24 bits per heavy atom. The number of benzene rings is 1. The molecule has 1 unspecified atom stereocenters. The molecule has 3 amide bonds. The van der Waals surface area contributed by atoms with E-state index in [9.17, 15) is 19.2 Å². The zero-order valence-corrected chi connectivity index (χ0v) is 22.3. The number of carbonyl (C=O) groups excluding carboxylic acids is 4. The predicted molar refractivity (Wildman–Crippen MR) is 143 cm³/mol. The van der Waals surface area contributed by atoms with Gasteiger partial charge in [0.05, 0.1) is 6.54 Å². The van der Waals surface area contributed by atoms with E-state index in [1.807, 2.05) is 39.8 Å². The second-order valence-corrected chi connectivity index (χ2v) is 10.0. The van der Waals surface area contributed by atoms with Crippen LogP contribution in [0.1, 0.15) is 66.2 Å². The van der Waals surface area contributed by atoms with Gasteiger partial charge in [0.1, 0.15) is 11.8 Å². The first-order chi connectivity index (χ1) is 17.5. The first kappa shape index (κ1) is 29.6. The van der Waals surface area contributed by atoms with Gasteiger partial charge in [0.2, 0.25) is 17.7 Å². The fraction of sp³-hybridized carbons (Fsp3) is 0.500.